The van der Waals surface area contributed by atoms with Gasteiger partial charge in [-0.1, -0.05) is 19.3 Å². The van der Waals surface area contributed by atoms with Crippen LogP contribution in [0, 0.1) is 0 Å². The van der Waals surface area contributed by atoms with Gasteiger partial charge in [-0.3, -0.25) is 9.58 Å². The van der Waals surface area contributed by atoms with Crippen LogP contribution in [-0.2, 0) is 6.54 Å². The molecule has 2 fully saturated rings. The van der Waals surface area contributed by atoms with Crippen molar-refractivity contribution in [3.63, 3.8) is 0 Å². The Morgan fingerprint density at radius 2 is 2.00 bits per heavy atom. The molecular formula is C15H26N4. The Hall–Kier alpha value is -0.870. The fraction of sp³-hybridized carbons (Fsp3) is 0.800. The molecule has 4 heteroatoms. The molecule has 0 radical (unpaired) electrons. The first kappa shape index (κ1) is 13.1. The Balaban J connectivity index is 1.61. The summed E-state index contributed by atoms with van der Waals surface area (Å²) >= 11 is 0. The minimum Gasteiger partial charge on any atom is -0.329 e. The molecule has 1 atom stereocenters. The van der Waals surface area contributed by atoms with Crippen LogP contribution in [0.3, 0.4) is 0 Å². The van der Waals surface area contributed by atoms with Gasteiger partial charge in [-0.15, -0.1) is 0 Å². The topological polar surface area (TPSA) is 47.1 Å². The zero-order chi connectivity index (χ0) is 13.1. The second-order valence-corrected chi connectivity index (χ2v) is 6.08. The Kier molecular flexibility index (Phi) is 4.18. The number of aromatic nitrogens is 2. The average Bonchev–Trinajstić information content (AvgIpc) is 3.09. The minimum atomic E-state index is 0.569. The van der Waals surface area contributed by atoms with Crippen LogP contribution in [0.25, 0.3) is 0 Å². The minimum absolute atomic E-state index is 0.569. The van der Waals surface area contributed by atoms with Gasteiger partial charge in [0, 0.05) is 25.3 Å². The molecule has 19 heavy (non-hydrogen) atoms. The van der Waals surface area contributed by atoms with Crippen molar-refractivity contribution in [3.8, 4) is 0 Å². The highest BCUT2D eigenvalue weighted by Crippen LogP contribution is 2.27. The van der Waals surface area contributed by atoms with Crippen molar-refractivity contribution in [1.82, 2.24) is 14.7 Å². The molecule has 1 aromatic heterocycles. The standard InChI is InChI=1S/C15H26N4/c16-11-15-7-4-9-18(15)12-13-8-10-19(17-13)14-5-2-1-3-6-14/h8,10,14-15H,1-7,9,11-12,16H2. The molecule has 0 amide bonds. The largest absolute Gasteiger partial charge is 0.329 e. The summed E-state index contributed by atoms with van der Waals surface area (Å²) in [6.45, 7) is 2.93. The van der Waals surface area contributed by atoms with E-state index in [-0.39, 0.29) is 0 Å². The summed E-state index contributed by atoms with van der Waals surface area (Å²) in [6, 6.07) is 3.41. The van der Waals surface area contributed by atoms with Crippen LogP contribution in [0.5, 0.6) is 0 Å². The fourth-order valence-corrected chi connectivity index (χ4v) is 3.59. The normalized spacial score (nSPS) is 26.1. The molecule has 2 aliphatic rings. The lowest BCUT2D eigenvalue weighted by molar-refractivity contribution is 0.244. The van der Waals surface area contributed by atoms with Gasteiger partial charge in [0.15, 0.2) is 0 Å². The third-order valence-corrected chi connectivity index (χ3v) is 4.75. The molecule has 3 rings (SSSR count). The van der Waals surface area contributed by atoms with Crippen LogP contribution in [0.15, 0.2) is 12.3 Å². The van der Waals surface area contributed by atoms with E-state index >= 15 is 0 Å². The quantitative estimate of drug-likeness (QED) is 0.906. The smallest absolute Gasteiger partial charge is 0.0765 e. The number of rotatable bonds is 4. The third-order valence-electron chi connectivity index (χ3n) is 4.75. The molecule has 1 saturated carbocycles. The monoisotopic (exact) mass is 262 g/mol. The van der Waals surface area contributed by atoms with Crippen LogP contribution >= 0.6 is 0 Å². The van der Waals surface area contributed by atoms with Crippen LogP contribution in [0.1, 0.15) is 56.7 Å². The van der Waals surface area contributed by atoms with Crippen LogP contribution in [0.2, 0.25) is 0 Å². The van der Waals surface area contributed by atoms with Crippen molar-refractivity contribution in [2.24, 2.45) is 5.73 Å². The van der Waals surface area contributed by atoms with Crippen molar-refractivity contribution < 1.29 is 0 Å². The lowest BCUT2D eigenvalue weighted by Gasteiger charge is -2.23. The van der Waals surface area contributed by atoms with E-state index in [0.717, 1.165) is 13.1 Å². The van der Waals surface area contributed by atoms with Gasteiger partial charge in [0.25, 0.3) is 0 Å². The van der Waals surface area contributed by atoms with Crippen molar-refractivity contribution in [2.45, 2.75) is 63.6 Å². The van der Waals surface area contributed by atoms with Crippen molar-refractivity contribution >= 4 is 0 Å². The molecule has 1 aliphatic heterocycles. The van der Waals surface area contributed by atoms with Gasteiger partial charge in [-0.25, -0.2) is 0 Å². The molecule has 0 spiro atoms. The second kappa shape index (κ2) is 6.06. The van der Waals surface area contributed by atoms with Crippen LogP contribution in [0.4, 0.5) is 0 Å². The number of likely N-dealkylation sites (tertiary alicyclic amines) is 1. The molecule has 0 bridgehead atoms. The van der Waals surface area contributed by atoms with E-state index in [1.54, 1.807) is 0 Å². The molecule has 106 valence electrons. The maximum atomic E-state index is 5.83. The first-order valence-electron chi connectivity index (χ1n) is 7.85. The van der Waals surface area contributed by atoms with E-state index in [1.807, 2.05) is 0 Å². The summed E-state index contributed by atoms with van der Waals surface area (Å²) in [7, 11) is 0. The maximum Gasteiger partial charge on any atom is 0.0765 e. The van der Waals surface area contributed by atoms with Crippen LogP contribution < -0.4 is 5.73 Å². The summed E-state index contributed by atoms with van der Waals surface area (Å²) in [5.74, 6) is 0. The summed E-state index contributed by atoms with van der Waals surface area (Å²) in [5.41, 5.74) is 7.05. The van der Waals surface area contributed by atoms with Gasteiger partial charge in [0.2, 0.25) is 0 Å². The molecule has 4 nitrogen and oxygen atoms in total. The summed E-state index contributed by atoms with van der Waals surface area (Å²) < 4.78 is 2.21. The predicted molar refractivity (Wildman–Crippen MR) is 76.8 cm³/mol. The summed E-state index contributed by atoms with van der Waals surface area (Å²) in [4.78, 5) is 2.49. The fourth-order valence-electron chi connectivity index (χ4n) is 3.59. The maximum absolute atomic E-state index is 5.83. The third kappa shape index (κ3) is 3.00. The highest BCUT2D eigenvalue weighted by atomic mass is 15.3. The average molecular weight is 262 g/mol. The molecule has 2 heterocycles. The Morgan fingerprint density at radius 1 is 1.16 bits per heavy atom. The van der Waals surface area contributed by atoms with E-state index in [1.165, 1.54) is 57.2 Å². The van der Waals surface area contributed by atoms with Crippen molar-refractivity contribution in [3.05, 3.63) is 18.0 Å². The Bertz CT molecular complexity index is 395. The Morgan fingerprint density at radius 3 is 2.79 bits per heavy atom. The van der Waals surface area contributed by atoms with Gasteiger partial charge in [-0.2, -0.15) is 5.10 Å². The molecule has 0 aromatic carbocycles. The number of nitrogens with two attached hydrogens (primary N) is 1. The highest BCUT2D eigenvalue weighted by Gasteiger charge is 2.24. The van der Waals surface area contributed by atoms with E-state index in [4.69, 9.17) is 10.8 Å². The van der Waals surface area contributed by atoms with E-state index in [0.29, 0.717) is 12.1 Å². The number of hydrogen-bond donors (Lipinski definition) is 1. The van der Waals surface area contributed by atoms with Gasteiger partial charge >= 0.3 is 0 Å². The summed E-state index contributed by atoms with van der Waals surface area (Å²) in [5, 5.41) is 4.80. The highest BCUT2D eigenvalue weighted by molar-refractivity contribution is 5.01. The van der Waals surface area contributed by atoms with Crippen molar-refractivity contribution in [1.29, 1.82) is 0 Å². The number of hydrogen-bond acceptors (Lipinski definition) is 3. The zero-order valence-corrected chi connectivity index (χ0v) is 11.8. The molecular weight excluding hydrogens is 236 g/mol. The lowest BCUT2D eigenvalue weighted by atomic mass is 9.96. The van der Waals surface area contributed by atoms with Crippen LogP contribution in [-0.4, -0.2) is 33.8 Å². The van der Waals surface area contributed by atoms with E-state index in [9.17, 15) is 0 Å². The number of nitrogens with zero attached hydrogens (tertiary/aromatic N) is 3. The Labute approximate surface area is 116 Å². The SMILES string of the molecule is NCC1CCCN1Cc1ccn(C2CCCCC2)n1. The van der Waals surface area contributed by atoms with E-state index in [2.05, 4.69) is 21.8 Å². The lowest BCUT2D eigenvalue weighted by Crippen LogP contribution is -2.35. The van der Waals surface area contributed by atoms with Gasteiger partial charge in [-0.05, 0) is 38.3 Å². The van der Waals surface area contributed by atoms with Gasteiger partial charge in [0.1, 0.15) is 0 Å². The first-order valence-corrected chi connectivity index (χ1v) is 7.85. The van der Waals surface area contributed by atoms with Crippen molar-refractivity contribution in [2.75, 3.05) is 13.1 Å². The predicted octanol–water partition coefficient (Wildman–Crippen LogP) is 2.31. The van der Waals surface area contributed by atoms with Gasteiger partial charge in [0.05, 0.1) is 11.7 Å². The first-order chi connectivity index (χ1) is 9.36. The molecule has 2 N–H and O–H groups in total. The van der Waals surface area contributed by atoms with E-state index < -0.39 is 0 Å². The second-order valence-electron chi connectivity index (χ2n) is 6.08. The van der Waals surface area contributed by atoms with Gasteiger partial charge < -0.3 is 5.73 Å². The zero-order valence-electron chi connectivity index (χ0n) is 11.8. The molecule has 1 aliphatic carbocycles. The molecule has 1 unspecified atom stereocenters. The summed E-state index contributed by atoms with van der Waals surface area (Å²) in [6.07, 6.45) is 11.4. The molecule has 1 aromatic rings. The molecule has 1 saturated heterocycles.